The first kappa shape index (κ1) is 12.1. The molecule has 0 spiro atoms. The molecule has 6 heteroatoms. The number of hydrogen-bond acceptors (Lipinski definition) is 4. The van der Waals surface area contributed by atoms with E-state index in [0.717, 1.165) is 23.3 Å². The van der Waals surface area contributed by atoms with Crippen LogP contribution in [0, 0.1) is 0 Å². The van der Waals surface area contributed by atoms with E-state index >= 15 is 0 Å². The highest BCUT2D eigenvalue weighted by Gasteiger charge is 2.29. The first-order valence-electron chi connectivity index (χ1n) is 5.12. The fourth-order valence-electron chi connectivity index (χ4n) is 1.97. The number of ether oxygens (including phenoxy) is 1. The zero-order valence-corrected chi connectivity index (χ0v) is 11.5. The SMILES string of the molecule is CC1OCCC1N(C)c1nc(Cl)ncc1Br. The van der Waals surface area contributed by atoms with Crippen LogP contribution in [0.3, 0.4) is 0 Å². The molecular formula is C10H13BrClN3O. The Morgan fingerprint density at radius 3 is 3.00 bits per heavy atom. The predicted octanol–water partition coefficient (Wildman–Crippen LogP) is 2.51. The second-order valence-corrected chi connectivity index (χ2v) is 5.05. The maximum absolute atomic E-state index is 5.80. The lowest BCUT2D eigenvalue weighted by Crippen LogP contribution is -2.37. The van der Waals surface area contributed by atoms with Crippen molar-refractivity contribution in [1.82, 2.24) is 9.97 Å². The maximum Gasteiger partial charge on any atom is 0.224 e. The van der Waals surface area contributed by atoms with E-state index in [-0.39, 0.29) is 11.4 Å². The highest BCUT2D eigenvalue weighted by atomic mass is 79.9. The summed E-state index contributed by atoms with van der Waals surface area (Å²) in [6, 6.07) is 0.335. The van der Waals surface area contributed by atoms with Crippen LogP contribution in [0.2, 0.25) is 5.28 Å². The Bertz CT molecular complexity index is 390. The van der Waals surface area contributed by atoms with Crippen molar-refractivity contribution in [1.29, 1.82) is 0 Å². The number of hydrogen-bond donors (Lipinski definition) is 0. The number of aromatic nitrogens is 2. The topological polar surface area (TPSA) is 38.2 Å². The molecule has 0 saturated carbocycles. The third-order valence-electron chi connectivity index (χ3n) is 2.86. The van der Waals surface area contributed by atoms with Gasteiger partial charge in [-0.05, 0) is 40.9 Å². The largest absolute Gasteiger partial charge is 0.376 e. The molecule has 1 aliphatic heterocycles. The average molecular weight is 307 g/mol. The van der Waals surface area contributed by atoms with Crippen LogP contribution in [-0.2, 0) is 4.74 Å². The molecule has 1 aliphatic rings. The van der Waals surface area contributed by atoms with E-state index < -0.39 is 0 Å². The molecule has 2 rings (SSSR count). The normalized spacial score (nSPS) is 24.8. The molecule has 1 aromatic heterocycles. The van der Waals surface area contributed by atoms with E-state index in [1.807, 2.05) is 7.05 Å². The van der Waals surface area contributed by atoms with Gasteiger partial charge in [-0.15, -0.1) is 0 Å². The predicted molar refractivity (Wildman–Crippen MR) is 67.0 cm³/mol. The summed E-state index contributed by atoms with van der Waals surface area (Å²) in [5, 5.41) is 0.261. The second kappa shape index (κ2) is 4.85. The smallest absolute Gasteiger partial charge is 0.224 e. The standard InChI is InChI=1S/C10H13BrClN3O/c1-6-8(3-4-16-6)15(2)9-7(11)5-13-10(12)14-9/h5-6,8H,3-4H2,1-2H3. The van der Waals surface area contributed by atoms with E-state index in [1.165, 1.54) is 0 Å². The Hall–Kier alpha value is -0.390. The Morgan fingerprint density at radius 2 is 2.38 bits per heavy atom. The molecule has 2 atom stereocenters. The van der Waals surface area contributed by atoms with Crippen LogP contribution in [-0.4, -0.2) is 35.8 Å². The third-order valence-corrected chi connectivity index (χ3v) is 3.61. The minimum Gasteiger partial charge on any atom is -0.376 e. The van der Waals surface area contributed by atoms with Crippen molar-refractivity contribution in [3.63, 3.8) is 0 Å². The van der Waals surface area contributed by atoms with Gasteiger partial charge in [0.05, 0.1) is 16.6 Å². The second-order valence-electron chi connectivity index (χ2n) is 3.85. The molecule has 0 N–H and O–H groups in total. The number of likely N-dealkylation sites (N-methyl/N-ethyl adjacent to an activating group) is 1. The van der Waals surface area contributed by atoms with Crippen LogP contribution >= 0.6 is 27.5 Å². The Kier molecular flexibility index (Phi) is 3.66. The molecule has 16 heavy (non-hydrogen) atoms. The number of nitrogens with zero attached hydrogens (tertiary/aromatic N) is 3. The quantitative estimate of drug-likeness (QED) is 0.787. The highest BCUT2D eigenvalue weighted by molar-refractivity contribution is 9.10. The molecule has 0 radical (unpaired) electrons. The fourth-order valence-corrected chi connectivity index (χ4v) is 2.57. The van der Waals surface area contributed by atoms with E-state index in [9.17, 15) is 0 Å². The minimum absolute atomic E-state index is 0.214. The number of rotatable bonds is 2. The summed E-state index contributed by atoms with van der Waals surface area (Å²) in [6.07, 6.45) is 2.89. The zero-order valence-electron chi connectivity index (χ0n) is 9.15. The van der Waals surface area contributed by atoms with Crippen molar-refractivity contribution >= 4 is 33.3 Å². The summed E-state index contributed by atoms with van der Waals surface area (Å²) in [7, 11) is 2.00. The van der Waals surface area contributed by atoms with E-state index in [1.54, 1.807) is 6.20 Å². The van der Waals surface area contributed by atoms with Gasteiger partial charge < -0.3 is 9.64 Å². The molecule has 0 aliphatic carbocycles. The summed E-state index contributed by atoms with van der Waals surface area (Å²) < 4.78 is 6.39. The van der Waals surface area contributed by atoms with Gasteiger partial charge in [0, 0.05) is 19.9 Å². The van der Waals surface area contributed by atoms with Crippen molar-refractivity contribution in [3.05, 3.63) is 16.0 Å². The lowest BCUT2D eigenvalue weighted by atomic mass is 10.1. The summed E-state index contributed by atoms with van der Waals surface area (Å²) in [6.45, 7) is 2.87. The van der Waals surface area contributed by atoms with Gasteiger partial charge in [-0.1, -0.05) is 0 Å². The van der Waals surface area contributed by atoms with Gasteiger partial charge in [0.25, 0.3) is 0 Å². The van der Waals surface area contributed by atoms with Gasteiger partial charge >= 0.3 is 0 Å². The highest BCUT2D eigenvalue weighted by Crippen LogP contribution is 2.28. The zero-order chi connectivity index (χ0) is 11.7. The van der Waals surface area contributed by atoms with Crippen LogP contribution in [0.25, 0.3) is 0 Å². The van der Waals surface area contributed by atoms with Crippen LogP contribution in [0.1, 0.15) is 13.3 Å². The van der Waals surface area contributed by atoms with Crippen LogP contribution in [0.15, 0.2) is 10.7 Å². The first-order valence-corrected chi connectivity index (χ1v) is 6.29. The van der Waals surface area contributed by atoms with Gasteiger partial charge in [-0.3, -0.25) is 0 Å². The van der Waals surface area contributed by atoms with Crippen molar-refractivity contribution in [3.8, 4) is 0 Å². The molecule has 0 bridgehead atoms. The van der Waals surface area contributed by atoms with Crippen LogP contribution in [0.5, 0.6) is 0 Å². The molecule has 2 unspecified atom stereocenters. The van der Waals surface area contributed by atoms with Crippen molar-refractivity contribution in [2.24, 2.45) is 0 Å². The van der Waals surface area contributed by atoms with Crippen molar-refractivity contribution < 1.29 is 4.74 Å². The molecule has 88 valence electrons. The number of halogens is 2. The van der Waals surface area contributed by atoms with Gasteiger partial charge in [0.15, 0.2) is 0 Å². The van der Waals surface area contributed by atoms with E-state index in [2.05, 4.69) is 37.7 Å². The molecule has 1 saturated heterocycles. The van der Waals surface area contributed by atoms with Crippen LogP contribution < -0.4 is 4.90 Å². The maximum atomic E-state index is 5.80. The van der Waals surface area contributed by atoms with E-state index in [0.29, 0.717) is 6.04 Å². The molecule has 1 fully saturated rings. The molecule has 0 aromatic carbocycles. The first-order chi connectivity index (χ1) is 7.59. The lowest BCUT2D eigenvalue weighted by molar-refractivity contribution is 0.118. The number of anilines is 1. The van der Waals surface area contributed by atoms with Gasteiger partial charge in [-0.2, -0.15) is 4.98 Å². The molecule has 1 aromatic rings. The van der Waals surface area contributed by atoms with Crippen molar-refractivity contribution in [2.75, 3.05) is 18.6 Å². The van der Waals surface area contributed by atoms with Gasteiger partial charge in [0.2, 0.25) is 5.28 Å². The Balaban J connectivity index is 2.25. The Labute approximate surface area is 108 Å². The molecule has 4 nitrogen and oxygen atoms in total. The van der Waals surface area contributed by atoms with Crippen LogP contribution in [0.4, 0.5) is 5.82 Å². The van der Waals surface area contributed by atoms with E-state index in [4.69, 9.17) is 16.3 Å². The molecular weight excluding hydrogens is 293 g/mol. The summed E-state index contributed by atoms with van der Waals surface area (Å²) >= 11 is 9.23. The Morgan fingerprint density at radius 1 is 1.62 bits per heavy atom. The summed E-state index contributed by atoms with van der Waals surface area (Å²) in [5.74, 6) is 0.808. The minimum atomic E-state index is 0.214. The average Bonchev–Trinajstić information content (AvgIpc) is 2.67. The van der Waals surface area contributed by atoms with Crippen molar-refractivity contribution in [2.45, 2.75) is 25.5 Å². The fraction of sp³-hybridized carbons (Fsp3) is 0.600. The third kappa shape index (κ3) is 2.31. The molecule has 0 amide bonds. The summed E-state index contributed by atoms with van der Waals surface area (Å²) in [5.41, 5.74) is 0. The monoisotopic (exact) mass is 305 g/mol. The summed E-state index contributed by atoms with van der Waals surface area (Å²) in [4.78, 5) is 10.2. The lowest BCUT2D eigenvalue weighted by Gasteiger charge is -2.28. The van der Waals surface area contributed by atoms with Gasteiger partial charge in [0.1, 0.15) is 5.82 Å². The van der Waals surface area contributed by atoms with Gasteiger partial charge in [-0.25, -0.2) is 4.98 Å². The molecule has 2 heterocycles.